The number of hydrogen-bond donors (Lipinski definition) is 2. The molecule has 1 aromatic carbocycles. The Hall–Kier alpha value is -0.570. The van der Waals surface area contributed by atoms with Crippen LogP contribution in [0.2, 0.25) is 5.02 Å². The van der Waals surface area contributed by atoms with E-state index in [0.29, 0.717) is 0 Å². The molecule has 0 aliphatic heterocycles. The molecule has 3 heteroatoms. The topological polar surface area (TPSA) is 24.1 Å². The Bertz CT molecular complexity index is 319. The molecule has 0 spiro atoms. The Kier molecular flexibility index (Phi) is 5.96. The molecule has 2 nitrogen and oxygen atoms in total. The third kappa shape index (κ3) is 5.07. The summed E-state index contributed by atoms with van der Waals surface area (Å²) in [4.78, 5) is 0. The first-order chi connectivity index (χ1) is 8.06. The zero-order chi connectivity index (χ0) is 12.7. The average Bonchev–Trinajstić information content (AvgIpc) is 2.29. The molecule has 0 saturated heterocycles. The van der Waals surface area contributed by atoms with Crippen LogP contribution in [0, 0.1) is 0 Å². The quantitative estimate of drug-likeness (QED) is 0.732. The molecule has 0 aliphatic carbocycles. The third-order valence-electron chi connectivity index (χ3n) is 2.97. The van der Waals surface area contributed by atoms with Crippen molar-refractivity contribution in [3.05, 3.63) is 34.9 Å². The molecule has 2 N–H and O–H groups in total. The Morgan fingerprint density at radius 2 is 1.76 bits per heavy atom. The lowest BCUT2D eigenvalue weighted by atomic mass is 9.84. The highest BCUT2D eigenvalue weighted by Crippen LogP contribution is 2.23. The highest BCUT2D eigenvalue weighted by Gasteiger charge is 2.19. The van der Waals surface area contributed by atoms with Gasteiger partial charge >= 0.3 is 0 Å². The Labute approximate surface area is 110 Å². The lowest BCUT2D eigenvalue weighted by Gasteiger charge is -2.26. The second-order valence-electron chi connectivity index (χ2n) is 5.02. The average molecular weight is 255 g/mol. The minimum absolute atomic E-state index is 0.143. The SMILES string of the molecule is CNCCCNCC(C)(C)c1ccc(Cl)cc1. The number of hydrogen-bond acceptors (Lipinski definition) is 2. The second kappa shape index (κ2) is 7.00. The molecule has 0 saturated carbocycles. The molecule has 0 bridgehead atoms. The predicted octanol–water partition coefficient (Wildman–Crippen LogP) is 2.82. The van der Waals surface area contributed by atoms with Crippen molar-refractivity contribution in [3.8, 4) is 0 Å². The minimum atomic E-state index is 0.143. The maximum Gasteiger partial charge on any atom is 0.0406 e. The lowest BCUT2D eigenvalue weighted by molar-refractivity contribution is 0.464. The van der Waals surface area contributed by atoms with Gasteiger partial charge in [-0.25, -0.2) is 0 Å². The fraction of sp³-hybridized carbons (Fsp3) is 0.571. The van der Waals surface area contributed by atoms with E-state index in [9.17, 15) is 0 Å². The van der Waals surface area contributed by atoms with Crippen LogP contribution in [0.5, 0.6) is 0 Å². The van der Waals surface area contributed by atoms with E-state index < -0.39 is 0 Å². The normalized spacial score (nSPS) is 11.8. The standard InChI is InChI=1S/C14H23ClN2/c1-14(2,11-17-10-4-9-16-3)12-5-7-13(15)8-6-12/h5-8,16-17H,4,9-11H2,1-3H3. The van der Waals surface area contributed by atoms with Crippen molar-refractivity contribution in [3.63, 3.8) is 0 Å². The zero-order valence-corrected chi connectivity index (χ0v) is 11.8. The van der Waals surface area contributed by atoms with Gasteiger partial charge in [-0.05, 0) is 44.3 Å². The Morgan fingerprint density at radius 3 is 2.35 bits per heavy atom. The van der Waals surface area contributed by atoms with Crippen LogP contribution in [0.1, 0.15) is 25.8 Å². The van der Waals surface area contributed by atoms with Crippen LogP contribution in [0.4, 0.5) is 0 Å². The van der Waals surface area contributed by atoms with E-state index in [0.717, 1.165) is 31.1 Å². The highest BCUT2D eigenvalue weighted by molar-refractivity contribution is 6.30. The van der Waals surface area contributed by atoms with E-state index in [2.05, 4.69) is 36.6 Å². The molecule has 0 amide bonds. The number of benzene rings is 1. The molecular weight excluding hydrogens is 232 g/mol. The summed E-state index contributed by atoms with van der Waals surface area (Å²) in [6.45, 7) is 7.60. The Morgan fingerprint density at radius 1 is 1.12 bits per heavy atom. The van der Waals surface area contributed by atoms with Gasteiger partial charge in [-0.2, -0.15) is 0 Å². The molecule has 1 rings (SSSR count). The molecule has 0 unspecified atom stereocenters. The van der Waals surface area contributed by atoms with Gasteiger partial charge in [0.05, 0.1) is 0 Å². The summed E-state index contributed by atoms with van der Waals surface area (Å²) in [5.74, 6) is 0. The number of nitrogens with one attached hydrogen (secondary N) is 2. The van der Waals surface area contributed by atoms with E-state index in [1.54, 1.807) is 0 Å². The molecule has 0 heterocycles. The van der Waals surface area contributed by atoms with Crippen LogP contribution in [0.3, 0.4) is 0 Å². The van der Waals surface area contributed by atoms with E-state index in [1.165, 1.54) is 5.56 Å². The molecule has 1 aromatic rings. The predicted molar refractivity (Wildman–Crippen MR) is 75.9 cm³/mol. The van der Waals surface area contributed by atoms with E-state index in [-0.39, 0.29) is 5.41 Å². The fourth-order valence-corrected chi connectivity index (χ4v) is 1.92. The van der Waals surface area contributed by atoms with Gasteiger partial charge in [-0.3, -0.25) is 0 Å². The molecule has 0 radical (unpaired) electrons. The second-order valence-corrected chi connectivity index (χ2v) is 5.46. The molecular formula is C14H23ClN2. The first-order valence-corrected chi connectivity index (χ1v) is 6.55. The number of halogens is 1. The van der Waals surface area contributed by atoms with Crippen LogP contribution < -0.4 is 10.6 Å². The van der Waals surface area contributed by atoms with E-state index in [4.69, 9.17) is 11.6 Å². The molecule has 0 fully saturated rings. The maximum absolute atomic E-state index is 5.90. The van der Waals surface area contributed by atoms with Gasteiger partial charge < -0.3 is 10.6 Å². The summed E-state index contributed by atoms with van der Waals surface area (Å²) in [6.07, 6.45) is 1.16. The first kappa shape index (κ1) is 14.5. The lowest BCUT2D eigenvalue weighted by Crippen LogP contribution is -2.34. The van der Waals surface area contributed by atoms with Crippen molar-refractivity contribution in [2.45, 2.75) is 25.7 Å². The van der Waals surface area contributed by atoms with Crippen molar-refractivity contribution in [2.24, 2.45) is 0 Å². The molecule has 17 heavy (non-hydrogen) atoms. The van der Waals surface area contributed by atoms with Crippen molar-refractivity contribution in [2.75, 3.05) is 26.7 Å². The summed E-state index contributed by atoms with van der Waals surface area (Å²) in [7, 11) is 1.98. The van der Waals surface area contributed by atoms with Crippen LogP contribution in [0.25, 0.3) is 0 Å². The maximum atomic E-state index is 5.90. The highest BCUT2D eigenvalue weighted by atomic mass is 35.5. The van der Waals surface area contributed by atoms with Crippen LogP contribution >= 0.6 is 11.6 Å². The molecule has 96 valence electrons. The number of rotatable bonds is 7. The zero-order valence-electron chi connectivity index (χ0n) is 11.0. The van der Waals surface area contributed by atoms with Gasteiger partial charge in [0.25, 0.3) is 0 Å². The third-order valence-corrected chi connectivity index (χ3v) is 3.22. The van der Waals surface area contributed by atoms with Crippen molar-refractivity contribution >= 4 is 11.6 Å². The van der Waals surface area contributed by atoms with Crippen molar-refractivity contribution in [1.82, 2.24) is 10.6 Å². The van der Waals surface area contributed by atoms with Crippen molar-refractivity contribution < 1.29 is 0 Å². The van der Waals surface area contributed by atoms with Gasteiger partial charge in [0.2, 0.25) is 0 Å². The smallest absolute Gasteiger partial charge is 0.0406 e. The summed E-state index contributed by atoms with van der Waals surface area (Å²) in [5, 5.41) is 7.45. The van der Waals surface area contributed by atoms with Crippen LogP contribution in [-0.4, -0.2) is 26.7 Å². The first-order valence-electron chi connectivity index (χ1n) is 6.17. The van der Waals surface area contributed by atoms with Crippen molar-refractivity contribution in [1.29, 1.82) is 0 Å². The van der Waals surface area contributed by atoms with Gasteiger partial charge in [0, 0.05) is 17.0 Å². The molecule has 0 aromatic heterocycles. The van der Waals surface area contributed by atoms with Crippen LogP contribution in [-0.2, 0) is 5.41 Å². The largest absolute Gasteiger partial charge is 0.320 e. The summed E-state index contributed by atoms with van der Waals surface area (Å²) >= 11 is 5.90. The summed E-state index contributed by atoms with van der Waals surface area (Å²) < 4.78 is 0. The van der Waals surface area contributed by atoms with Gasteiger partial charge in [0.15, 0.2) is 0 Å². The summed E-state index contributed by atoms with van der Waals surface area (Å²) in [5.41, 5.74) is 1.47. The molecule has 0 atom stereocenters. The van der Waals surface area contributed by atoms with E-state index in [1.807, 2.05) is 19.2 Å². The Balaban J connectivity index is 2.42. The fourth-order valence-electron chi connectivity index (χ4n) is 1.79. The van der Waals surface area contributed by atoms with E-state index >= 15 is 0 Å². The van der Waals surface area contributed by atoms with Gasteiger partial charge in [-0.1, -0.05) is 37.6 Å². The van der Waals surface area contributed by atoms with Gasteiger partial charge in [0.1, 0.15) is 0 Å². The minimum Gasteiger partial charge on any atom is -0.320 e. The molecule has 0 aliphatic rings. The van der Waals surface area contributed by atoms with Gasteiger partial charge in [-0.15, -0.1) is 0 Å². The summed E-state index contributed by atoms with van der Waals surface area (Å²) in [6, 6.07) is 8.13. The monoisotopic (exact) mass is 254 g/mol. The van der Waals surface area contributed by atoms with Crippen LogP contribution in [0.15, 0.2) is 24.3 Å².